The second-order valence-corrected chi connectivity index (χ2v) is 11.3. The van der Waals surface area contributed by atoms with Crippen molar-refractivity contribution in [3.05, 3.63) is 0 Å². The summed E-state index contributed by atoms with van der Waals surface area (Å²) in [6.07, 6.45) is 9.06. The van der Waals surface area contributed by atoms with Crippen LogP contribution in [0, 0.1) is 0 Å². The zero-order valence-electron chi connectivity index (χ0n) is 23.0. The highest BCUT2D eigenvalue weighted by atomic mass is 28.3. The van der Waals surface area contributed by atoms with Crippen molar-refractivity contribution in [3.8, 4) is 0 Å². The van der Waals surface area contributed by atoms with Crippen LogP contribution in [-0.4, -0.2) is 95.3 Å². The van der Waals surface area contributed by atoms with Gasteiger partial charge in [0, 0.05) is 69.9 Å². The predicted octanol–water partition coefficient (Wildman–Crippen LogP) is 3.77. The van der Waals surface area contributed by atoms with E-state index in [9.17, 15) is 0 Å². The topological polar surface area (TPSA) is 83.1 Å². The van der Waals surface area contributed by atoms with Crippen LogP contribution in [0.15, 0.2) is 0 Å². The summed E-state index contributed by atoms with van der Waals surface area (Å²) in [5, 5.41) is 0. The van der Waals surface area contributed by atoms with Gasteiger partial charge in [-0.1, -0.05) is 45.4 Å². The van der Waals surface area contributed by atoms with Crippen LogP contribution in [0.25, 0.3) is 0 Å². The van der Waals surface area contributed by atoms with E-state index in [4.69, 9.17) is 42.3 Å². The Hall–Kier alpha value is -0.143. The molecule has 0 saturated carbocycles. The summed E-state index contributed by atoms with van der Waals surface area (Å²) in [6.45, 7) is 2.83. The Morgan fingerprint density at radius 2 is 1.15 bits per heavy atom. The molecule has 0 N–H and O–H groups in total. The zero-order chi connectivity index (χ0) is 25.7. The van der Waals surface area contributed by atoms with Gasteiger partial charge in [0.2, 0.25) is 20.2 Å². The summed E-state index contributed by atoms with van der Waals surface area (Å²) < 4.78 is 55.4. The highest BCUT2D eigenvalue weighted by molar-refractivity contribution is 6.55. The average Bonchev–Trinajstić information content (AvgIpc) is 2.90. The van der Waals surface area contributed by atoms with Crippen molar-refractivity contribution >= 4 is 9.04 Å². The van der Waals surface area contributed by atoms with E-state index >= 15 is 0 Å². The van der Waals surface area contributed by atoms with E-state index in [0.29, 0.717) is 13.0 Å². The lowest BCUT2D eigenvalue weighted by Gasteiger charge is -2.59. The minimum Gasteiger partial charge on any atom is -0.414 e. The lowest BCUT2D eigenvalue weighted by molar-refractivity contribution is -0.517. The maximum absolute atomic E-state index is 6.27. The van der Waals surface area contributed by atoms with Crippen LogP contribution >= 0.6 is 0 Å². The molecule has 0 aromatic rings. The quantitative estimate of drug-likeness (QED) is 0.146. The van der Waals surface area contributed by atoms with E-state index < -0.39 is 31.8 Å². The van der Waals surface area contributed by atoms with E-state index in [1.807, 2.05) is 0 Å². The Labute approximate surface area is 208 Å². The van der Waals surface area contributed by atoms with Gasteiger partial charge in [-0.05, 0) is 18.9 Å². The van der Waals surface area contributed by atoms with Gasteiger partial charge in [-0.25, -0.2) is 0 Å². The van der Waals surface area contributed by atoms with Crippen molar-refractivity contribution in [2.75, 3.05) is 63.5 Å². The molecule has 0 amide bonds. The standard InChI is InChI=1S/C24H50O9Si/c1-10-11-12-13-14-15-18-21(25-2,26-3)22(27-4,28-5)23(29-6,30-7)24(31-8,32-9)34-20-17-16-19-33-34/h34H,10-20H2,1-9H3. The molecular formula is C24H50O9Si. The third-order valence-electron chi connectivity index (χ3n) is 7.27. The number of rotatable bonds is 19. The molecule has 1 aliphatic heterocycles. The van der Waals surface area contributed by atoms with Crippen LogP contribution < -0.4 is 0 Å². The number of ether oxygens (including phenoxy) is 8. The van der Waals surface area contributed by atoms with Crippen LogP contribution in [-0.2, 0) is 42.3 Å². The molecule has 1 fully saturated rings. The van der Waals surface area contributed by atoms with Crippen LogP contribution in [0.4, 0.5) is 0 Å². The first-order valence-electron chi connectivity index (χ1n) is 12.4. The van der Waals surface area contributed by atoms with Gasteiger partial charge in [-0.2, -0.15) is 0 Å². The van der Waals surface area contributed by atoms with Crippen molar-refractivity contribution in [3.63, 3.8) is 0 Å². The van der Waals surface area contributed by atoms with Gasteiger partial charge in [0.15, 0.2) is 0 Å². The van der Waals surface area contributed by atoms with E-state index in [2.05, 4.69) is 6.92 Å². The van der Waals surface area contributed by atoms with Crippen LogP contribution in [0.2, 0.25) is 6.04 Å². The predicted molar refractivity (Wildman–Crippen MR) is 132 cm³/mol. The molecule has 9 nitrogen and oxygen atoms in total. The SMILES string of the molecule is CCCCCCCCC(OC)(OC)C(OC)(OC)C(OC)(OC)C(OC)(OC)[SiH]1CCCCO1. The van der Waals surface area contributed by atoms with Crippen LogP contribution in [0.1, 0.15) is 64.7 Å². The number of methoxy groups -OCH3 is 8. The lowest BCUT2D eigenvalue weighted by atomic mass is 9.89. The maximum atomic E-state index is 6.27. The molecule has 10 heteroatoms. The Bertz CT molecular complexity index is 527. The molecule has 0 aromatic carbocycles. The van der Waals surface area contributed by atoms with E-state index in [0.717, 1.165) is 38.1 Å². The Kier molecular flexibility index (Phi) is 14.2. The number of unbranched alkanes of at least 4 members (excludes halogenated alkanes) is 5. The summed E-state index contributed by atoms with van der Waals surface area (Å²) in [5.74, 6) is -4.90. The molecule has 0 spiro atoms. The van der Waals surface area contributed by atoms with Crippen molar-refractivity contribution in [2.24, 2.45) is 0 Å². The summed E-state index contributed by atoms with van der Waals surface area (Å²) in [5.41, 5.74) is -1.44. The Balaban J connectivity index is 3.61. The fraction of sp³-hybridized carbons (Fsp3) is 1.00. The zero-order valence-corrected chi connectivity index (χ0v) is 24.2. The molecule has 1 atom stereocenters. The third-order valence-corrected chi connectivity index (χ3v) is 10.5. The molecule has 1 aliphatic rings. The number of hydrogen-bond donors (Lipinski definition) is 0. The van der Waals surface area contributed by atoms with Crippen LogP contribution in [0.5, 0.6) is 0 Å². The fourth-order valence-corrected chi connectivity index (χ4v) is 8.76. The molecule has 0 bridgehead atoms. The second kappa shape index (κ2) is 15.2. The van der Waals surface area contributed by atoms with E-state index in [1.54, 1.807) is 28.4 Å². The summed E-state index contributed by atoms with van der Waals surface area (Å²) in [4.78, 5) is 0. The second-order valence-electron chi connectivity index (χ2n) is 8.66. The molecule has 1 unspecified atom stereocenters. The molecule has 0 aromatic heterocycles. The first-order chi connectivity index (χ1) is 16.4. The largest absolute Gasteiger partial charge is 0.414 e. The molecule has 0 aliphatic carbocycles. The highest BCUT2D eigenvalue weighted by Gasteiger charge is 2.79. The number of hydrogen-bond acceptors (Lipinski definition) is 9. The van der Waals surface area contributed by atoms with Gasteiger partial charge in [0.1, 0.15) is 0 Å². The smallest absolute Gasteiger partial charge is 0.284 e. The molecule has 1 saturated heterocycles. The minimum absolute atomic E-state index is 0.471. The summed E-state index contributed by atoms with van der Waals surface area (Å²) in [7, 11) is 10.1. The highest BCUT2D eigenvalue weighted by Crippen LogP contribution is 2.52. The van der Waals surface area contributed by atoms with Gasteiger partial charge in [-0.15, -0.1) is 0 Å². The Morgan fingerprint density at radius 3 is 1.56 bits per heavy atom. The molecule has 204 valence electrons. The molecule has 0 radical (unpaired) electrons. The monoisotopic (exact) mass is 510 g/mol. The molecule has 1 rings (SSSR count). The summed E-state index contributed by atoms with van der Waals surface area (Å²) >= 11 is 0. The fourth-order valence-electron chi connectivity index (χ4n) is 5.51. The third kappa shape index (κ3) is 5.56. The average molecular weight is 511 g/mol. The van der Waals surface area contributed by atoms with Gasteiger partial charge < -0.3 is 42.3 Å². The minimum atomic E-state index is -2.27. The van der Waals surface area contributed by atoms with Crippen molar-refractivity contribution in [2.45, 2.75) is 93.5 Å². The van der Waals surface area contributed by atoms with Gasteiger partial charge in [0.25, 0.3) is 11.6 Å². The summed E-state index contributed by atoms with van der Waals surface area (Å²) in [6, 6.07) is 0.810. The first kappa shape index (κ1) is 31.9. The normalized spacial score (nSPS) is 18.4. The van der Waals surface area contributed by atoms with Crippen molar-refractivity contribution < 1.29 is 42.3 Å². The maximum Gasteiger partial charge on any atom is 0.284 e. The van der Waals surface area contributed by atoms with Crippen LogP contribution in [0.3, 0.4) is 0 Å². The van der Waals surface area contributed by atoms with Crippen molar-refractivity contribution in [1.82, 2.24) is 0 Å². The molecule has 34 heavy (non-hydrogen) atoms. The lowest BCUT2D eigenvalue weighted by Crippen LogP contribution is -2.83. The Morgan fingerprint density at radius 1 is 0.618 bits per heavy atom. The van der Waals surface area contributed by atoms with E-state index in [1.165, 1.54) is 47.7 Å². The van der Waals surface area contributed by atoms with E-state index in [-0.39, 0.29) is 0 Å². The van der Waals surface area contributed by atoms with Gasteiger partial charge in [0.05, 0.1) is 0 Å². The van der Waals surface area contributed by atoms with Gasteiger partial charge in [-0.3, -0.25) is 0 Å². The molecule has 1 heterocycles. The van der Waals surface area contributed by atoms with Crippen molar-refractivity contribution in [1.29, 1.82) is 0 Å². The molecular weight excluding hydrogens is 460 g/mol. The van der Waals surface area contributed by atoms with Gasteiger partial charge >= 0.3 is 0 Å². The first-order valence-corrected chi connectivity index (χ1v) is 14.3.